The average molecular weight is 331 g/mol. The number of rotatable bonds is 8. The summed E-state index contributed by atoms with van der Waals surface area (Å²) >= 11 is 0. The molecule has 1 aromatic heterocycles. The molecular formula is C18H25N3O3. The molecule has 6 nitrogen and oxygen atoms in total. The van der Waals surface area contributed by atoms with Crippen LogP contribution in [0, 0.1) is 13.8 Å². The van der Waals surface area contributed by atoms with Gasteiger partial charge in [-0.3, -0.25) is 4.79 Å². The number of aromatic nitrogens is 1. The molecule has 1 aromatic carbocycles. The standard InChI is InChI=1S/C18H25N3O3/c1-5-21(6-2)11-12-23-16-10-8-7-9-15(16)19-18(22)17-13(3)20-24-14(17)4/h7-10H,5-6,11-12H2,1-4H3,(H,19,22). The third-order valence-electron chi connectivity index (χ3n) is 3.96. The lowest BCUT2D eigenvalue weighted by molar-refractivity contribution is 0.102. The highest BCUT2D eigenvalue weighted by Crippen LogP contribution is 2.25. The Balaban J connectivity index is 2.05. The van der Waals surface area contributed by atoms with Crippen LogP contribution >= 0.6 is 0 Å². The van der Waals surface area contributed by atoms with Crippen molar-refractivity contribution < 1.29 is 14.1 Å². The summed E-state index contributed by atoms with van der Waals surface area (Å²) in [4.78, 5) is 14.8. The minimum atomic E-state index is -0.244. The molecule has 2 rings (SSSR count). The first kappa shape index (κ1) is 18.0. The highest BCUT2D eigenvalue weighted by molar-refractivity contribution is 6.06. The summed E-state index contributed by atoms with van der Waals surface area (Å²) in [5.41, 5.74) is 1.68. The van der Waals surface area contributed by atoms with Crippen LogP contribution < -0.4 is 10.1 Å². The molecule has 1 amide bonds. The van der Waals surface area contributed by atoms with Gasteiger partial charge in [-0.25, -0.2) is 0 Å². The topological polar surface area (TPSA) is 67.6 Å². The van der Waals surface area contributed by atoms with Gasteiger partial charge in [0.1, 0.15) is 23.7 Å². The number of aryl methyl sites for hydroxylation is 2. The Morgan fingerprint density at radius 3 is 2.58 bits per heavy atom. The van der Waals surface area contributed by atoms with Crippen LogP contribution in [0.1, 0.15) is 35.7 Å². The Hall–Kier alpha value is -2.34. The summed E-state index contributed by atoms with van der Waals surface area (Å²) in [5.74, 6) is 0.917. The van der Waals surface area contributed by atoms with Crippen LogP contribution in [0.3, 0.4) is 0 Å². The van der Waals surface area contributed by atoms with Gasteiger partial charge in [-0.2, -0.15) is 0 Å². The van der Waals surface area contributed by atoms with Crippen LogP contribution in [0.2, 0.25) is 0 Å². The van der Waals surface area contributed by atoms with E-state index >= 15 is 0 Å². The zero-order chi connectivity index (χ0) is 17.5. The maximum absolute atomic E-state index is 12.5. The number of nitrogens with zero attached hydrogens (tertiary/aromatic N) is 2. The number of likely N-dealkylation sites (N-methyl/N-ethyl adjacent to an activating group) is 1. The maximum atomic E-state index is 12.5. The van der Waals surface area contributed by atoms with Crippen molar-refractivity contribution in [2.75, 3.05) is 31.6 Å². The van der Waals surface area contributed by atoms with Crippen LogP contribution in [0.15, 0.2) is 28.8 Å². The van der Waals surface area contributed by atoms with Gasteiger partial charge in [0.25, 0.3) is 5.91 Å². The Morgan fingerprint density at radius 2 is 1.96 bits per heavy atom. The fourth-order valence-corrected chi connectivity index (χ4v) is 2.51. The van der Waals surface area contributed by atoms with E-state index in [2.05, 4.69) is 29.2 Å². The normalized spacial score (nSPS) is 10.9. The van der Waals surface area contributed by atoms with E-state index in [0.717, 1.165) is 19.6 Å². The first-order valence-corrected chi connectivity index (χ1v) is 8.25. The molecule has 0 fully saturated rings. The Kier molecular flexibility index (Phi) is 6.37. The number of anilines is 1. The van der Waals surface area contributed by atoms with E-state index in [0.29, 0.717) is 35.1 Å². The Morgan fingerprint density at radius 1 is 1.25 bits per heavy atom. The van der Waals surface area contributed by atoms with E-state index in [1.807, 2.05) is 24.3 Å². The molecule has 0 atom stereocenters. The van der Waals surface area contributed by atoms with Crippen molar-refractivity contribution in [3.05, 3.63) is 41.3 Å². The average Bonchev–Trinajstić information content (AvgIpc) is 2.92. The molecule has 0 saturated carbocycles. The summed E-state index contributed by atoms with van der Waals surface area (Å²) in [7, 11) is 0. The molecule has 0 unspecified atom stereocenters. The number of hydrogen-bond acceptors (Lipinski definition) is 5. The predicted molar refractivity (Wildman–Crippen MR) is 93.7 cm³/mol. The Bertz CT molecular complexity index is 658. The molecule has 0 bridgehead atoms. The van der Waals surface area contributed by atoms with Crippen LogP contribution in [0.5, 0.6) is 5.75 Å². The summed E-state index contributed by atoms with van der Waals surface area (Å²) in [5, 5.41) is 6.70. The summed E-state index contributed by atoms with van der Waals surface area (Å²) in [6.07, 6.45) is 0. The molecule has 24 heavy (non-hydrogen) atoms. The number of carbonyl (C=O) groups is 1. The SMILES string of the molecule is CCN(CC)CCOc1ccccc1NC(=O)c1c(C)noc1C. The second-order valence-electron chi connectivity index (χ2n) is 5.52. The fourth-order valence-electron chi connectivity index (χ4n) is 2.51. The van der Waals surface area contributed by atoms with Crippen molar-refractivity contribution >= 4 is 11.6 Å². The van der Waals surface area contributed by atoms with E-state index in [-0.39, 0.29) is 5.91 Å². The van der Waals surface area contributed by atoms with Gasteiger partial charge in [-0.05, 0) is 39.1 Å². The van der Waals surface area contributed by atoms with E-state index < -0.39 is 0 Å². The molecule has 1 heterocycles. The largest absolute Gasteiger partial charge is 0.490 e. The second kappa shape index (κ2) is 8.49. The Labute approximate surface area is 142 Å². The fraction of sp³-hybridized carbons (Fsp3) is 0.444. The molecule has 0 aliphatic heterocycles. The molecule has 6 heteroatoms. The van der Waals surface area contributed by atoms with Crippen LogP contribution in [0.4, 0.5) is 5.69 Å². The van der Waals surface area contributed by atoms with Gasteiger partial charge in [0.05, 0.1) is 11.4 Å². The second-order valence-corrected chi connectivity index (χ2v) is 5.52. The van der Waals surface area contributed by atoms with Crippen LogP contribution in [-0.2, 0) is 0 Å². The van der Waals surface area contributed by atoms with E-state index in [4.69, 9.17) is 9.26 Å². The number of amides is 1. The van der Waals surface area contributed by atoms with Gasteiger partial charge in [0, 0.05) is 6.54 Å². The number of hydrogen-bond donors (Lipinski definition) is 1. The smallest absolute Gasteiger partial charge is 0.261 e. The highest BCUT2D eigenvalue weighted by atomic mass is 16.5. The van der Waals surface area contributed by atoms with E-state index in [9.17, 15) is 4.79 Å². The molecule has 2 aromatic rings. The summed E-state index contributed by atoms with van der Waals surface area (Å²) in [6.45, 7) is 11.1. The van der Waals surface area contributed by atoms with Crippen molar-refractivity contribution in [3.8, 4) is 5.75 Å². The van der Waals surface area contributed by atoms with Gasteiger partial charge < -0.3 is 19.5 Å². The third kappa shape index (κ3) is 4.35. The predicted octanol–water partition coefficient (Wildman–Crippen LogP) is 3.26. The van der Waals surface area contributed by atoms with Gasteiger partial charge in [0.2, 0.25) is 0 Å². The van der Waals surface area contributed by atoms with Crippen molar-refractivity contribution in [1.82, 2.24) is 10.1 Å². The molecule has 0 spiro atoms. The summed E-state index contributed by atoms with van der Waals surface area (Å²) in [6, 6.07) is 7.42. The maximum Gasteiger partial charge on any atom is 0.261 e. The monoisotopic (exact) mass is 331 g/mol. The number of carbonyl (C=O) groups excluding carboxylic acids is 1. The minimum Gasteiger partial charge on any atom is -0.490 e. The number of para-hydroxylation sites is 2. The van der Waals surface area contributed by atoms with Crippen LogP contribution in [0.25, 0.3) is 0 Å². The lowest BCUT2D eigenvalue weighted by Crippen LogP contribution is -2.28. The molecule has 0 aliphatic rings. The summed E-state index contributed by atoms with van der Waals surface area (Å²) < 4.78 is 10.9. The van der Waals surface area contributed by atoms with E-state index in [1.54, 1.807) is 13.8 Å². The number of benzene rings is 1. The molecule has 0 aliphatic carbocycles. The zero-order valence-corrected chi connectivity index (χ0v) is 14.8. The van der Waals surface area contributed by atoms with Crippen molar-refractivity contribution in [2.24, 2.45) is 0 Å². The van der Waals surface area contributed by atoms with E-state index in [1.165, 1.54) is 0 Å². The van der Waals surface area contributed by atoms with Gasteiger partial charge in [-0.1, -0.05) is 31.1 Å². The van der Waals surface area contributed by atoms with Crippen LogP contribution in [-0.4, -0.2) is 42.2 Å². The lowest BCUT2D eigenvalue weighted by atomic mass is 10.2. The third-order valence-corrected chi connectivity index (χ3v) is 3.96. The number of ether oxygens (including phenoxy) is 1. The molecular weight excluding hydrogens is 306 g/mol. The first-order valence-electron chi connectivity index (χ1n) is 8.25. The molecule has 0 saturated heterocycles. The van der Waals surface area contributed by atoms with Gasteiger partial charge in [-0.15, -0.1) is 0 Å². The first-order chi connectivity index (χ1) is 11.6. The lowest BCUT2D eigenvalue weighted by Gasteiger charge is -2.19. The van der Waals surface area contributed by atoms with Crippen molar-refractivity contribution in [3.63, 3.8) is 0 Å². The molecule has 1 N–H and O–H groups in total. The minimum absolute atomic E-state index is 0.244. The molecule has 130 valence electrons. The quantitative estimate of drug-likeness (QED) is 0.804. The highest BCUT2D eigenvalue weighted by Gasteiger charge is 2.18. The molecule has 0 radical (unpaired) electrons. The van der Waals surface area contributed by atoms with Gasteiger partial charge >= 0.3 is 0 Å². The number of nitrogens with one attached hydrogen (secondary N) is 1. The van der Waals surface area contributed by atoms with Gasteiger partial charge in [0.15, 0.2) is 0 Å². The van der Waals surface area contributed by atoms with Crippen molar-refractivity contribution in [1.29, 1.82) is 0 Å². The van der Waals surface area contributed by atoms with Crippen molar-refractivity contribution in [2.45, 2.75) is 27.7 Å². The zero-order valence-electron chi connectivity index (χ0n) is 14.8.